The molecule has 1 unspecified atom stereocenters. The maximum atomic E-state index is 12.8. The lowest BCUT2D eigenvalue weighted by Gasteiger charge is -2.16. The summed E-state index contributed by atoms with van der Waals surface area (Å²) in [5, 5.41) is 4.52. The molecule has 0 aliphatic heterocycles. The van der Waals surface area contributed by atoms with E-state index in [1.165, 1.54) is 11.8 Å². The van der Waals surface area contributed by atoms with Crippen LogP contribution in [0.25, 0.3) is 27.6 Å². The van der Waals surface area contributed by atoms with Gasteiger partial charge in [0, 0.05) is 30.1 Å². The fourth-order valence-electron chi connectivity index (χ4n) is 3.41. The number of hydrogen-bond acceptors (Lipinski definition) is 5. The average molecular weight is 487 g/mol. The van der Waals surface area contributed by atoms with Crippen LogP contribution < -0.4 is 5.32 Å². The first-order valence-electron chi connectivity index (χ1n) is 9.92. The van der Waals surface area contributed by atoms with E-state index in [1.807, 2.05) is 49.4 Å². The highest BCUT2D eigenvalue weighted by Gasteiger charge is 2.22. The van der Waals surface area contributed by atoms with Gasteiger partial charge in [0.05, 0.1) is 21.8 Å². The van der Waals surface area contributed by atoms with Crippen molar-refractivity contribution in [3.8, 4) is 0 Å². The van der Waals surface area contributed by atoms with Gasteiger partial charge >= 0.3 is 0 Å². The normalized spacial score (nSPS) is 12.6. The van der Waals surface area contributed by atoms with E-state index in [9.17, 15) is 4.79 Å². The summed E-state index contributed by atoms with van der Waals surface area (Å²) in [5.41, 5.74) is 3.60. The molecule has 0 aliphatic rings. The quantitative estimate of drug-likeness (QED) is 0.219. The number of ether oxygens (including phenoxy) is 1. The van der Waals surface area contributed by atoms with E-state index in [1.54, 1.807) is 7.11 Å². The highest BCUT2D eigenvalue weighted by Crippen LogP contribution is 2.32. The molecule has 30 heavy (non-hydrogen) atoms. The van der Waals surface area contributed by atoms with Crippen molar-refractivity contribution < 1.29 is 9.53 Å². The van der Waals surface area contributed by atoms with Gasteiger partial charge in [-0.2, -0.15) is 0 Å². The maximum absolute atomic E-state index is 12.8. The van der Waals surface area contributed by atoms with E-state index in [0.717, 1.165) is 43.6 Å². The van der Waals surface area contributed by atoms with Gasteiger partial charge in [0.1, 0.15) is 5.65 Å². The summed E-state index contributed by atoms with van der Waals surface area (Å²) in [4.78, 5) is 22.5. The first-order valence-corrected chi connectivity index (χ1v) is 11.6. The Labute approximate surface area is 187 Å². The number of carbonyl (C=O) groups is 1. The van der Waals surface area contributed by atoms with Gasteiger partial charge in [0.15, 0.2) is 5.16 Å². The summed E-state index contributed by atoms with van der Waals surface area (Å²) in [6.07, 6.45) is 1.50. The zero-order valence-electron chi connectivity index (χ0n) is 16.9. The van der Waals surface area contributed by atoms with Gasteiger partial charge in [0.25, 0.3) is 0 Å². The van der Waals surface area contributed by atoms with Crippen molar-refractivity contribution >= 4 is 61.2 Å². The molecular formula is C22H23BrN4O2S. The largest absolute Gasteiger partial charge is 0.385 e. The molecule has 0 spiro atoms. The number of thioether (sulfide) groups is 1. The molecule has 1 atom stereocenters. The highest BCUT2D eigenvalue weighted by molar-refractivity contribution is 9.10. The van der Waals surface area contributed by atoms with E-state index in [2.05, 4.69) is 25.6 Å². The number of nitrogens with zero attached hydrogens (tertiary/aromatic N) is 3. The summed E-state index contributed by atoms with van der Waals surface area (Å²) >= 11 is 5.04. The molecular weight excluding hydrogens is 464 g/mol. The van der Waals surface area contributed by atoms with Crippen molar-refractivity contribution in [2.45, 2.75) is 30.2 Å². The Kier molecular flexibility index (Phi) is 6.55. The highest BCUT2D eigenvalue weighted by atomic mass is 79.9. The molecule has 0 radical (unpaired) electrons. The van der Waals surface area contributed by atoms with E-state index >= 15 is 0 Å². The van der Waals surface area contributed by atoms with Gasteiger partial charge in [-0.1, -0.05) is 46.7 Å². The summed E-state index contributed by atoms with van der Waals surface area (Å²) in [6, 6.07) is 14.0. The number of para-hydroxylation sites is 2. The van der Waals surface area contributed by atoms with Crippen LogP contribution in [-0.2, 0) is 9.53 Å². The fourth-order valence-corrected chi connectivity index (χ4v) is 4.82. The number of methoxy groups -OCH3 is 1. The smallest absolute Gasteiger partial charge is 0.233 e. The molecule has 1 N–H and O–H groups in total. The molecule has 0 aliphatic carbocycles. The first-order chi connectivity index (χ1) is 14.6. The number of amides is 1. The fraction of sp³-hybridized carbons (Fsp3) is 0.318. The predicted molar refractivity (Wildman–Crippen MR) is 125 cm³/mol. The predicted octanol–water partition coefficient (Wildman–Crippen LogP) is 4.82. The molecule has 156 valence electrons. The minimum absolute atomic E-state index is 0.0221. The molecule has 0 saturated carbocycles. The summed E-state index contributed by atoms with van der Waals surface area (Å²) in [5.74, 6) is 0.0221. The van der Waals surface area contributed by atoms with Gasteiger partial charge in [-0.15, -0.1) is 0 Å². The van der Waals surface area contributed by atoms with Crippen LogP contribution in [0.2, 0.25) is 0 Å². The van der Waals surface area contributed by atoms with Crippen LogP contribution in [-0.4, -0.2) is 45.8 Å². The molecule has 1 amide bonds. The summed E-state index contributed by atoms with van der Waals surface area (Å²) in [6.45, 7) is 3.26. The maximum Gasteiger partial charge on any atom is 0.233 e. The van der Waals surface area contributed by atoms with Crippen LogP contribution in [0.15, 0.2) is 52.1 Å². The zero-order chi connectivity index (χ0) is 21.1. The number of benzene rings is 2. The second-order valence-corrected chi connectivity index (χ2v) is 9.05. The second kappa shape index (κ2) is 9.32. The average Bonchev–Trinajstić information content (AvgIpc) is 3.15. The van der Waals surface area contributed by atoms with Gasteiger partial charge < -0.3 is 10.1 Å². The summed E-state index contributed by atoms with van der Waals surface area (Å²) < 4.78 is 8.10. The molecule has 0 saturated heterocycles. The number of hydrogen-bond donors (Lipinski definition) is 1. The van der Waals surface area contributed by atoms with Gasteiger partial charge in [0.2, 0.25) is 5.91 Å². The standard InChI is InChI=1S/C22H23BrN4O2S/c1-3-19(21(28)24-11-6-12-29-2)30-22-26-16-10-9-14(23)13-15(16)20-25-17-7-4-5-8-18(17)27(20)22/h4-5,7-10,13,19H,3,6,11-12H2,1-2H3,(H,24,28). The van der Waals surface area contributed by atoms with Crippen molar-refractivity contribution in [1.82, 2.24) is 19.7 Å². The topological polar surface area (TPSA) is 68.5 Å². The summed E-state index contributed by atoms with van der Waals surface area (Å²) in [7, 11) is 1.66. The third-order valence-electron chi connectivity index (χ3n) is 4.90. The Balaban J connectivity index is 1.77. The van der Waals surface area contributed by atoms with Crippen LogP contribution in [0.5, 0.6) is 0 Å². The number of fused-ring (bicyclic) bond motifs is 5. The van der Waals surface area contributed by atoms with Crippen molar-refractivity contribution in [2.75, 3.05) is 20.3 Å². The molecule has 0 bridgehead atoms. The molecule has 6 nitrogen and oxygen atoms in total. The Hall–Kier alpha value is -2.16. The molecule has 2 heterocycles. The third-order valence-corrected chi connectivity index (χ3v) is 6.71. The Morgan fingerprint density at radius 2 is 2.07 bits per heavy atom. The molecule has 4 aromatic rings. The van der Waals surface area contributed by atoms with E-state index in [-0.39, 0.29) is 11.2 Å². The molecule has 2 aromatic heterocycles. The Morgan fingerprint density at radius 1 is 1.23 bits per heavy atom. The third kappa shape index (κ3) is 4.17. The molecule has 0 fully saturated rings. The van der Waals surface area contributed by atoms with E-state index in [4.69, 9.17) is 14.7 Å². The number of imidazole rings is 1. The van der Waals surface area contributed by atoms with Crippen LogP contribution >= 0.6 is 27.7 Å². The number of halogens is 1. The van der Waals surface area contributed by atoms with Crippen LogP contribution in [0, 0.1) is 0 Å². The van der Waals surface area contributed by atoms with E-state index < -0.39 is 0 Å². The van der Waals surface area contributed by atoms with Gasteiger partial charge in [-0.25, -0.2) is 9.97 Å². The number of rotatable bonds is 8. The van der Waals surface area contributed by atoms with E-state index in [0.29, 0.717) is 19.6 Å². The molecule has 8 heteroatoms. The number of nitrogens with one attached hydrogen (secondary N) is 1. The minimum Gasteiger partial charge on any atom is -0.385 e. The Morgan fingerprint density at radius 3 is 2.87 bits per heavy atom. The first kappa shape index (κ1) is 21.1. The molecule has 4 rings (SSSR count). The SMILES string of the molecule is CCC(Sc1nc2ccc(Br)cc2c2nc3ccccc3n12)C(=O)NCCCOC. The lowest BCUT2D eigenvalue weighted by atomic mass is 10.2. The van der Waals surface area contributed by atoms with Crippen molar-refractivity contribution in [3.63, 3.8) is 0 Å². The van der Waals surface area contributed by atoms with Crippen LogP contribution in [0.3, 0.4) is 0 Å². The Bertz CT molecular complexity index is 1210. The van der Waals surface area contributed by atoms with Crippen molar-refractivity contribution in [2.24, 2.45) is 0 Å². The zero-order valence-corrected chi connectivity index (χ0v) is 19.3. The molecule has 2 aromatic carbocycles. The lowest BCUT2D eigenvalue weighted by molar-refractivity contribution is -0.120. The lowest BCUT2D eigenvalue weighted by Crippen LogP contribution is -2.33. The second-order valence-electron chi connectivity index (χ2n) is 6.97. The van der Waals surface area contributed by atoms with Crippen LogP contribution in [0.1, 0.15) is 19.8 Å². The van der Waals surface area contributed by atoms with Gasteiger partial charge in [-0.3, -0.25) is 9.20 Å². The van der Waals surface area contributed by atoms with Crippen molar-refractivity contribution in [1.29, 1.82) is 0 Å². The number of carbonyl (C=O) groups excluding carboxylic acids is 1. The number of aromatic nitrogens is 3. The van der Waals surface area contributed by atoms with Gasteiger partial charge in [-0.05, 0) is 43.2 Å². The van der Waals surface area contributed by atoms with Crippen LogP contribution in [0.4, 0.5) is 0 Å². The van der Waals surface area contributed by atoms with Crippen molar-refractivity contribution in [3.05, 3.63) is 46.9 Å². The monoisotopic (exact) mass is 486 g/mol. The minimum atomic E-state index is -0.239.